The van der Waals surface area contributed by atoms with E-state index in [0.717, 1.165) is 18.8 Å². The lowest BCUT2D eigenvalue weighted by Gasteiger charge is -2.11. The quantitative estimate of drug-likeness (QED) is 0.827. The Bertz CT molecular complexity index is 481. The van der Waals surface area contributed by atoms with E-state index in [4.69, 9.17) is 0 Å². The van der Waals surface area contributed by atoms with E-state index in [0.29, 0.717) is 12.3 Å². The number of amides is 1. The molecule has 2 bridgehead atoms. The summed E-state index contributed by atoms with van der Waals surface area (Å²) in [5.41, 5.74) is 5.15. The number of hydrogen-bond acceptors (Lipinski definition) is 2. The number of fused-ring (bicyclic) bond motifs is 2. The van der Waals surface area contributed by atoms with Crippen LogP contribution in [0.25, 0.3) is 0 Å². The zero-order valence-electron chi connectivity index (χ0n) is 11.1. The normalized spacial score (nSPS) is 26.8. The van der Waals surface area contributed by atoms with Gasteiger partial charge >= 0.3 is 0 Å². The fraction of sp³-hybridized carbons (Fsp3) is 0.500. The Morgan fingerprint density at radius 3 is 2.79 bits per heavy atom. The second-order valence-electron chi connectivity index (χ2n) is 5.70. The van der Waals surface area contributed by atoms with Gasteiger partial charge in [-0.25, -0.2) is 5.43 Å². The van der Waals surface area contributed by atoms with Crippen molar-refractivity contribution in [2.45, 2.75) is 38.5 Å². The van der Waals surface area contributed by atoms with Crippen LogP contribution in [0.5, 0.6) is 0 Å². The van der Waals surface area contributed by atoms with Crippen molar-refractivity contribution in [2.24, 2.45) is 16.9 Å². The molecule has 0 aliphatic heterocycles. The van der Waals surface area contributed by atoms with Crippen LogP contribution in [0.2, 0.25) is 0 Å². The van der Waals surface area contributed by atoms with Gasteiger partial charge in [0, 0.05) is 12.1 Å². The molecule has 2 fully saturated rings. The van der Waals surface area contributed by atoms with Crippen LogP contribution >= 0.6 is 0 Å². The molecule has 0 aromatic heterocycles. The average Bonchev–Trinajstić information content (AvgIpc) is 3.06. The number of hydrogen-bond donors (Lipinski definition) is 1. The third kappa shape index (κ3) is 3.03. The van der Waals surface area contributed by atoms with E-state index in [1.165, 1.54) is 30.5 Å². The number of aryl methyl sites for hydroxylation is 1. The van der Waals surface area contributed by atoms with Crippen LogP contribution in [0.15, 0.2) is 35.4 Å². The monoisotopic (exact) mass is 256 g/mol. The largest absolute Gasteiger partial charge is 0.273 e. The van der Waals surface area contributed by atoms with Gasteiger partial charge in [0.15, 0.2) is 0 Å². The Balaban J connectivity index is 1.46. The lowest BCUT2D eigenvalue weighted by Crippen LogP contribution is -2.22. The summed E-state index contributed by atoms with van der Waals surface area (Å²) < 4.78 is 0. The molecule has 3 nitrogen and oxygen atoms in total. The maximum absolute atomic E-state index is 11.8. The Morgan fingerprint density at radius 1 is 1.26 bits per heavy atom. The zero-order valence-corrected chi connectivity index (χ0v) is 11.1. The van der Waals surface area contributed by atoms with E-state index in [2.05, 4.69) is 22.7 Å². The number of benzene rings is 1. The molecule has 0 spiro atoms. The number of carbonyl (C=O) groups is 1. The van der Waals surface area contributed by atoms with Crippen molar-refractivity contribution in [2.75, 3.05) is 0 Å². The molecule has 3 heteroatoms. The highest BCUT2D eigenvalue weighted by Gasteiger charge is 2.36. The maximum Gasteiger partial charge on any atom is 0.240 e. The molecule has 2 atom stereocenters. The number of rotatable bonds is 4. The smallest absolute Gasteiger partial charge is 0.240 e. The first-order valence-electron chi connectivity index (χ1n) is 7.20. The molecule has 100 valence electrons. The van der Waals surface area contributed by atoms with Gasteiger partial charge in [-0.05, 0) is 49.5 Å². The average molecular weight is 256 g/mol. The van der Waals surface area contributed by atoms with Crippen molar-refractivity contribution < 1.29 is 4.79 Å². The molecule has 2 unspecified atom stereocenters. The minimum absolute atomic E-state index is 0.0270. The SMILES string of the molecule is O=C(CCc1ccccc1)NN=C1CC2CCC1C2. The highest BCUT2D eigenvalue weighted by atomic mass is 16.2. The Morgan fingerprint density at radius 2 is 2.11 bits per heavy atom. The summed E-state index contributed by atoms with van der Waals surface area (Å²) >= 11 is 0. The molecule has 1 aromatic rings. The second-order valence-corrected chi connectivity index (χ2v) is 5.70. The Hall–Kier alpha value is -1.64. The van der Waals surface area contributed by atoms with Crippen molar-refractivity contribution >= 4 is 11.6 Å². The van der Waals surface area contributed by atoms with Crippen LogP contribution in [-0.4, -0.2) is 11.6 Å². The third-order valence-electron chi connectivity index (χ3n) is 4.32. The Labute approximate surface area is 114 Å². The third-order valence-corrected chi connectivity index (χ3v) is 4.32. The van der Waals surface area contributed by atoms with Crippen molar-refractivity contribution in [3.63, 3.8) is 0 Å². The molecule has 0 heterocycles. The molecule has 1 amide bonds. The molecule has 2 saturated carbocycles. The lowest BCUT2D eigenvalue weighted by atomic mass is 9.99. The standard InChI is InChI=1S/C16H20N2O/c19-16(9-7-12-4-2-1-3-5-12)18-17-15-11-13-6-8-14(15)10-13/h1-5,13-14H,6-11H2,(H,18,19). The van der Waals surface area contributed by atoms with E-state index in [1.807, 2.05) is 18.2 Å². The molecular weight excluding hydrogens is 236 g/mol. The van der Waals surface area contributed by atoms with Crippen molar-refractivity contribution in [1.82, 2.24) is 5.43 Å². The van der Waals surface area contributed by atoms with Crippen LogP contribution in [-0.2, 0) is 11.2 Å². The van der Waals surface area contributed by atoms with Gasteiger partial charge in [0.25, 0.3) is 0 Å². The van der Waals surface area contributed by atoms with E-state index in [1.54, 1.807) is 0 Å². The second kappa shape index (κ2) is 5.55. The minimum Gasteiger partial charge on any atom is -0.273 e. The summed E-state index contributed by atoms with van der Waals surface area (Å²) in [6, 6.07) is 10.1. The van der Waals surface area contributed by atoms with Gasteiger partial charge in [0.05, 0.1) is 0 Å². The van der Waals surface area contributed by atoms with Gasteiger partial charge in [0.2, 0.25) is 5.91 Å². The first-order valence-corrected chi connectivity index (χ1v) is 7.20. The molecule has 0 saturated heterocycles. The highest BCUT2D eigenvalue weighted by Crippen LogP contribution is 2.42. The first kappa shape index (κ1) is 12.4. The number of carbonyl (C=O) groups excluding carboxylic acids is 1. The van der Waals surface area contributed by atoms with Crippen LogP contribution in [0, 0.1) is 11.8 Å². The topological polar surface area (TPSA) is 41.5 Å². The summed E-state index contributed by atoms with van der Waals surface area (Å²) in [4.78, 5) is 11.8. The van der Waals surface area contributed by atoms with E-state index < -0.39 is 0 Å². The fourth-order valence-electron chi connectivity index (χ4n) is 3.25. The van der Waals surface area contributed by atoms with Crippen molar-refractivity contribution in [3.05, 3.63) is 35.9 Å². The molecule has 2 aliphatic rings. The maximum atomic E-state index is 11.8. The number of hydrazone groups is 1. The molecule has 1 N–H and O–H groups in total. The molecule has 2 aliphatic carbocycles. The summed E-state index contributed by atoms with van der Waals surface area (Å²) in [5.74, 6) is 1.52. The van der Waals surface area contributed by atoms with Crippen molar-refractivity contribution in [3.8, 4) is 0 Å². The number of nitrogens with zero attached hydrogens (tertiary/aromatic N) is 1. The van der Waals surface area contributed by atoms with Gasteiger partial charge in [-0.3, -0.25) is 4.79 Å². The van der Waals surface area contributed by atoms with Crippen LogP contribution in [0.3, 0.4) is 0 Å². The molecule has 0 radical (unpaired) electrons. The summed E-state index contributed by atoms with van der Waals surface area (Å²) in [6.45, 7) is 0. The summed E-state index contributed by atoms with van der Waals surface area (Å²) in [7, 11) is 0. The van der Waals surface area contributed by atoms with Crippen LogP contribution in [0.1, 0.15) is 37.7 Å². The predicted octanol–water partition coefficient (Wildman–Crippen LogP) is 2.91. The highest BCUT2D eigenvalue weighted by molar-refractivity contribution is 5.90. The first-order chi connectivity index (χ1) is 9.31. The summed E-state index contributed by atoms with van der Waals surface area (Å²) in [5, 5.41) is 4.34. The Kier molecular flexibility index (Phi) is 3.62. The van der Waals surface area contributed by atoms with E-state index in [-0.39, 0.29) is 5.91 Å². The van der Waals surface area contributed by atoms with E-state index in [9.17, 15) is 4.79 Å². The zero-order chi connectivity index (χ0) is 13.1. The molecular formula is C16H20N2O. The van der Waals surface area contributed by atoms with Gasteiger partial charge < -0.3 is 0 Å². The number of nitrogens with one attached hydrogen (secondary N) is 1. The van der Waals surface area contributed by atoms with E-state index >= 15 is 0 Å². The van der Waals surface area contributed by atoms with Gasteiger partial charge in [-0.2, -0.15) is 5.10 Å². The van der Waals surface area contributed by atoms with Crippen LogP contribution in [0.4, 0.5) is 0 Å². The predicted molar refractivity (Wildman–Crippen MR) is 75.8 cm³/mol. The van der Waals surface area contributed by atoms with Crippen LogP contribution < -0.4 is 5.43 Å². The van der Waals surface area contributed by atoms with Crippen molar-refractivity contribution in [1.29, 1.82) is 0 Å². The van der Waals surface area contributed by atoms with Gasteiger partial charge in [0.1, 0.15) is 0 Å². The van der Waals surface area contributed by atoms with Gasteiger partial charge in [-0.15, -0.1) is 0 Å². The molecule has 19 heavy (non-hydrogen) atoms. The lowest BCUT2D eigenvalue weighted by molar-refractivity contribution is -0.121. The molecule has 3 rings (SSSR count). The minimum atomic E-state index is 0.0270. The summed E-state index contributed by atoms with van der Waals surface area (Å²) in [6.07, 6.45) is 6.30. The molecule has 1 aromatic carbocycles. The van der Waals surface area contributed by atoms with Gasteiger partial charge in [-0.1, -0.05) is 30.3 Å². The fourth-order valence-corrected chi connectivity index (χ4v) is 3.25.